The number of benzene rings is 1. The van der Waals surface area contributed by atoms with E-state index in [9.17, 15) is 4.79 Å². The van der Waals surface area contributed by atoms with Gasteiger partial charge in [-0.05, 0) is 30.7 Å². The van der Waals surface area contributed by atoms with E-state index in [1.807, 2.05) is 25.1 Å². The fourth-order valence-corrected chi connectivity index (χ4v) is 2.41. The summed E-state index contributed by atoms with van der Waals surface area (Å²) in [6.45, 7) is 2.93. The largest absolute Gasteiger partial charge is 0.496 e. The maximum atomic E-state index is 12.1. The molecule has 5 nitrogen and oxygen atoms in total. The molecule has 5 heteroatoms. The van der Waals surface area contributed by atoms with Crippen molar-refractivity contribution in [1.29, 1.82) is 0 Å². The molecule has 0 unspecified atom stereocenters. The van der Waals surface area contributed by atoms with Crippen LogP contribution in [0.2, 0.25) is 0 Å². The summed E-state index contributed by atoms with van der Waals surface area (Å²) in [7, 11) is 1.64. The quantitative estimate of drug-likeness (QED) is 0.905. The summed E-state index contributed by atoms with van der Waals surface area (Å²) >= 11 is 0. The Bertz CT molecular complexity index is 707. The highest BCUT2D eigenvalue weighted by molar-refractivity contribution is 5.58. The molecular formula is C15H16N2O3. The molecule has 1 aliphatic rings. The van der Waals surface area contributed by atoms with E-state index in [-0.39, 0.29) is 5.56 Å². The van der Waals surface area contributed by atoms with Crippen LogP contribution in [0.3, 0.4) is 0 Å². The SMILES string of the molecule is COc1ccc(-c2nc3c(c(=O)[nH]2)COCC3)cc1C. The molecule has 0 fully saturated rings. The van der Waals surface area contributed by atoms with E-state index >= 15 is 0 Å². The van der Waals surface area contributed by atoms with Gasteiger partial charge in [-0.25, -0.2) is 4.98 Å². The van der Waals surface area contributed by atoms with Crippen molar-refractivity contribution in [2.24, 2.45) is 0 Å². The molecule has 0 amide bonds. The molecule has 0 atom stereocenters. The highest BCUT2D eigenvalue weighted by Crippen LogP contribution is 2.24. The van der Waals surface area contributed by atoms with Gasteiger partial charge in [0.1, 0.15) is 11.6 Å². The fourth-order valence-electron chi connectivity index (χ4n) is 2.41. The fraction of sp³-hybridized carbons (Fsp3) is 0.333. The van der Waals surface area contributed by atoms with Gasteiger partial charge in [-0.1, -0.05) is 0 Å². The summed E-state index contributed by atoms with van der Waals surface area (Å²) in [6.07, 6.45) is 0.682. The van der Waals surface area contributed by atoms with Crippen LogP contribution in [0.5, 0.6) is 5.75 Å². The molecule has 3 rings (SSSR count). The molecule has 1 aromatic heterocycles. The van der Waals surface area contributed by atoms with Gasteiger partial charge in [-0.3, -0.25) is 4.79 Å². The summed E-state index contributed by atoms with van der Waals surface area (Å²) in [5, 5.41) is 0. The van der Waals surface area contributed by atoms with Crippen LogP contribution in [0.25, 0.3) is 11.4 Å². The number of rotatable bonds is 2. The molecule has 0 radical (unpaired) electrons. The number of ether oxygens (including phenoxy) is 2. The normalized spacial score (nSPS) is 13.9. The predicted molar refractivity (Wildman–Crippen MR) is 74.9 cm³/mol. The minimum absolute atomic E-state index is 0.113. The first kappa shape index (κ1) is 12.9. The Morgan fingerprint density at radius 2 is 2.25 bits per heavy atom. The Morgan fingerprint density at radius 1 is 1.40 bits per heavy atom. The minimum Gasteiger partial charge on any atom is -0.496 e. The van der Waals surface area contributed by atoms with E-state index in [0.717, 1.165) is 22.6 Å². The van der Waals surface area contributed by atoms with Crippen LogP contribution < -0.4 is 10.3 Å². The van der Waals surface area contributed by atoms with Gasteiger partial charge in [-0.15, -0.1) is 0 Å². The number of hydrogen-bond acceptors (Lipinski definition) is 4. The van der Waals surface area contributed by atoms with Crippen LogP contribution in [0.4, 0.5) is 0 Å². The second kappa shape index (κ2) is 5.09. The second-order valence-electron chi connectivity index (χ2n) is 4.83. The molecule has 1 aliphatic heterocycles. The van der Waals surface area contributed by atoms with E-state index in [0.29, 0.717) is 31.0 Å². The molecule has 0 spiro atoms. The number of nitrogens with one attached hydrogen (secondary N) is 1. The van der Waals surface area contributed by atoms with Gasteiger partial charge in [0.2, 0.25) is 0 Å². The Kier molecular flexibility index (Phi) is 3.28. The van der Waals surface area contributed by atoms with Crippen molar-refractivity contribution in [3.8, 4) is 17.1 Å². The number of aromatic amines is 1. The van der Waals surface area contributed by atoms with Crippen LogP contribution in [0.15, 0.2) is 23.0 Å². The van der Waals surface area contributed by atoms with E-state index in [4.69, 9.17) is 9.47 Å². The Hall–Kier alpha value is -2.14. The number of methoxy groups -OCH3 is 1. The van der Waals surface area contributed by atoms with Crippen LogP contribution in [-0.4, -0.2) is 23.7 Å². The monoisotopic (exact) mass is 272 g/mol. The van der Waals surface area contributed by atoms with Crippen molar-refractivity contribution < 1.29 is 9.47 Å². The predicted octanol–water partition coefficient (Wildman–Crippen LogP) is 1.83. The topological polar surface area (TPSA) is 64.2 Å². The van der Waals surface area contributed by atoms with Crippen LogP contribution in [-0.2, 0) is 17.8 Å². The lowest BCUT2D eigenvalue weighted by molar-refractivity contribution is 0.108. The third-order valence-corrected chi connectivity index (χ3v) is 3.50. The molecule has 0 bridgehead atoms. The number of aryl methyl sites for hydroxylation is 1. The standard InChI is InChI=1S/C15H16N2O3/c1-9-7-10(3-4-13(9)19-2)14-16-12-5-6-20-8-11(12)15(18)17-14/h3-4,7H,5-6,8H2,1-2H3,(H,16,17,18). The zero-order chi connectivity index (χ0) is 14.1. The first-order valence-electron chi connectivity index (χ1n) is 6.54. The van der Waals surface area contributed by atoms with Crippen molar-refractivity contribution in [2.45, 2.75) is 20.0 Å². The van der Waals surface area contributed by atoms with Gasteiger partial charge in [0.25, 0.3) is 5.56 Å². The third-order valence-electron chi connectivity index (χ3n) is 3.50. The molecule has 0 aliphatic carbocycles. The summed E-state index contributed by atoms with van der Waals surface area (Å²) in [6, 6.07) is 5.74. The van der Waals surface area contributed by atoms with Crippen molar-refractivity contribution >= 4 is 0 Å². The second-order valence-corrected chi connectivity index (χ2v) is 4.83. The number of H-pyrrole nitrogens is 1. The molecule has 2 heterocycles. The lowest BCUT2D eigenvalue weighted by Gasteiger charge is -2.15. The van der Waals surface area contributed by atoms with Gasteiger partial charge in [0.05, 0.1) is 31.6 Å². The van der Waals surface area contributed by atoms with Crippen molar-refractivity contribution in [3.05, 3.63) is 45.4 Å². The number of hydrogen-bond donors (Lipinski definition) is 1. The lowest BCUT2D eigenvalue weighted by Crippen LogP contribution is -2.24. The van der Waals surface area contributed by atoms with Gasteiger partial charge in [-0.2, -0.15) is 0 Å². The van der Waals surface area contributed by atoms with Crippen molar-refractivity contribution in [2.75, 3.05) is 13.7 Å². The van der Waals surface area contributed by atoms with Crippen molar-refractivity contribution in [3.63, 3.8) is 0 Å². The molecule has 0 saturated heterocycles. The van der Waals surface area contributed by atoms with Gasteiger partial charge in [0.15, 0.2) is 0 Å². The molecule has 1 N–H and O–H groups in total. The molecular weight excluding hydrogens is 256 g/mol. The molecule has 1 aromatic carbocycles. The Morgan fingerprint density at radius 3 is 3.00 bits per heavy atom. The van der Waals surface area contributed by atoms with E-state index in [1.165, 1.54) is 0 Å². The Balaban J connectivity index is 2.08. The number of aromatic nitrogens is 2. The van der Waals surface area contributed by atoms with Crippen LogP contribution in [0, 0.1) is 6.92 Å². The smallest absolute Gasteiger partial charge is 0.256 e. The highest BCUT2D eigenvalue weighted by atomic mass is 16.5. The van der Waals surface area contributed by atoms with E-state index in [1.54, 1.807) is 7.11 Å². The molecule has 2 aromatic rings. The minimum atomic E-state index is -0.113. The first-order valence-corrected chi connectivity index (χ1v) is 6.54. The number of fused-ring (bicyclic) bond motifs is 1. The maximum absolute atomic E-state index is 12.1. The van der Waals surface area contributed by atoms with Crippen LogP contribution in [0.1, 0.15) is 16.8 Å². The third kappa shape index (κ3) is 2.20. The highest BCUT2D eigenvalue weighted by Gasteiger charge is 2.16. The number of nitrogens with zero attached hydrogens (tertiary/aromatic N) is 1. The maximum Gasteiger partial charge on any atom is 0.256 e. The Labute approximate surface area is 116 Å². The average Bonchev–Trinajstić information content (AvgIpc) is 2.47. The first-order chi connectivity index (χ1) is 9.69. The average molecular weight is 272 g/mol. The molecule has 20 heavy (non-hydrogen) atoms. The van der Waals surface area contributed by atoms with Gasteiger partial charge in [0, 0.05) is 12.0 Å². The van der Waals surface area contributed by atoms with E-state index in [2.05, 4.69) is 9.97 Å². The summed E-state index contributed by atoms with van der Waals surface area (Å²) in [4.78, 5) is 19.5. The van der Waals surface area contributed by atoms with Gasteiger partial charge < -0.3 is 14.5 Å². The summed E-state index contributed by atoms with van der Waals surface area (Å²) in [5.74, 6) is 1.42. The molecule has 0 saturated carbocycles. The zero-order valence-corrected chi connectivity index (χ0v) is 11.5. The van der Waals surface area contributed by atoms with Gasteiger partial charge >= 0.3 is 0 Å². The zero-order valence-electron chi connectivity index (χ0n) is 11.5. The summed E-state index contributed by atoms with van der Waals surface area (Å²) < 4.78 is 10.5. The van der Waals surface area contributed by atoms with E-state index < -0.39 is 0 Å². The summed E-state index contributed by atoms with van der Waals surface area (Å²) in [5.41, 5.74) is 3.26. The van der Waals surface area contributed by atoms with Crippen molar-refractivity contribution in [1.82, 2.24) is 9.97 Å². The lowest BCUT2D eigenvalue weighted by atomic mass is 10.1. The molecule has 104 valence electrons. The van der Waals surface area contributed by atoms with Crippen LogP contribution >= 0.6 is 0 Å².